The lowest BCUT2D eigenvalue weighted by Crippen LogP contribution is -2.47. The SMILES string of the molecule is CC[C@@H](C)[C@H](NC(=O)COC(=O)c1cccc([N+](=O)[O-])c1)C(=O)OC. The highest BCUT2D eigenvalue weighted by Crippen LogP contribution is 2.14. The first-order chi connectivity index (χ1) is 11.8. The Morgan fingerprint density at radius 2 is 2.00 bits per heavy atom. The van der Waals surface area contributed by atoms with Gasteiger partial charge in [-0.05, 0) is 12.0 Å². The van der Waals surface area contributed by atoms with Gasteiger partial charge in [-0.2, -0.15) is 0 Å². The molecule has 9 nitrogen and oxygen atoms in total. The molecule has 0 saturated heterocycles. The van der Waals surface area contributed by atoms with Crippen LogP contribution in [0.1, 0.15) is 30.6 Å². The van der Waals surface area contributed by atoms with E-state index >= 15 is 0 Å². The third kappa shape index (κ3) is 5.87. The van der Waals surface area contributed by atoms with E-state index in [1.165, 1.54) is 25.3 Å². The van der Waals surface area contributed by atoms with Crippen LogP contribution in [0, 0.1) is 16.0 Å². The number of amides is 1. The molecule has 9 heteroatoms. The van der Waals surface area contributed by atoms with Gasteiger partial charge in [-0.3, -0.25) is 14.9 Å². The van der Waals surface area contributed by atoms with Crippen LogP contribution in [0.4, 0.5) is 5.69 Å². The van der Waals surface area contributed by atoms with E-state index < -0.39 is 35.4 Å². The zero-order valence-electron chi connectivity index (χ0n) is 14.2. The number of nitrogens with one attached hydrogen (secondary N) is 1. The zero-order valence-corrected chi connectivity index (χ0v) is 14.2. The Hall–Kier alpha value is -2.97. The van der Waals surface area contributed by atoms with Crippen molar-refractivity contribution in [3.63, 3.8) is 0 Å². The number of rotatable bonds is 8. The van der Waals surface area contributed by atoms with Crippen LogP contribution < -0.4 is 5.32 Å². The van der Waals surface area contributed by atoms with Crippen molar-refractivity contribution in [2.45, 2.75) is 26.3 Å². The number of hydrogen-bond donors (Lipinski definition) is 1. The van der Waals surface area contributed by atoms with Crippen molar-refractivity contribution < 1.29 is 28.8 Å². The molecular formula is C16H20N2O7. The van der Waals surface area contributed by atoms with Crippen LogP contribution in [0.25, 0.3) is 0 Å². The summed E-state index contributed by atoms with van der Waals surface area (Å²) >= 11 is 0. The molecule has 0 spiro atoms. The second kappa shape index (κ2) is 9.36. The van der Waals surface area contributed by atoms with E-state index in [1.54, 1.807) is 6.92 Å². The molecule has 0 aliphatic heterocycles. The summed E-state index contributed by atoms with van der Waals surface area (Å²) in [6.45, 7) is 3.01. The number of non-ortho nitro benzene ring substituents is 1. The van der Waals surface area contributed by atoms with E-state index in [-0.39, 0.29) is 17.2 Å². The average molecular weight is 352 g/mol. The standard InChI is InChI=1S/C16H20N2O7/c1-4-10(2)14(16(21)24-3)17-13(19)9-25-15(20)11-6-5-7-12(8-11)18(22)23/h5-8,10,14H,4,9H2,1-3H3,(H,17,19)/t10-,14+/m1/s1. The van der Waals surface area contributed by atoms with Gasteiger partial charge in [0.05, 0.1) is 17.6 Å². The summed E-state index contributed by atoms with van der Waals surface area (Å²) in [5.41, 5.74) is -0.310. The maximum absolute atomic E-state index is 11.9. The smallest absolute Gasteiger partial charge is 0.338 e. The molecule has 0 aromatic heterocycles. The van der Waals surface area contributed by atoms with Gasteiger partial charge in [0.25, 0.3) is 11.6 Å². The molecule has 136 valence electrons. The Balaban J connectivity index is 2.65. The van der Waals surface area contributed by atoms with Crippen LogP contribution in [-0.2, 0) is 19.1 Å². The van der Waals surface area contributed by atoms with Crippen LogP contribution in [0.2, 0.25) is 0 Å². The van der Waals surface area contributed by atoms with Crippen LogP contribution in [0.5, 0.6) is 0 Å². The van der Waals surface area contributed by atoms with Crippen molar-refractivity contribution in [1.29, 1.82) is 0 Å². The van der Waals surface area contributed by atoms with Gasteiger partial charge >= 0.3 is 11.9 Å². The number of hydrogen-bond acceptors (Lipinski definition) is 7. The summed E-state index contributed by atoms with van der Waals surface area (Å²) in [6.07, 6.45) is 0.632. The first-order valence-corrected chi connectivity index (χ1v) is 7.58. The highest BCUT2D eigenvalue weighted by molar-refractivity contribution is 5.92. The minimum Gasteiger partial charge on any atom is -0.467 e. The van der Waals surface area contributed by atoms with Crippen molar-refractivity contribution in [1.82, 2.24) is 5.32 Å². The molecule has 1 aromatic rings. The Morgan fingerprint density at radius 1 is 1.32 bits per heavy atom. The number of methoxy groups -OCH3 is 1. The number of carbonyl (C=O) groups is 3. The summed E-state index contributed by atoms with van der Waals surface area (Å²) in [7, 11) is 1.21. The van der Waals surface area contributed by atoms with Crippen molar-refractivity contribution >= 4 is 23.5 Å². The van der Waals surface area contributed by atoms with Gasteiger partial charge in [0.15, 0.2) is 6.61 Å². The number of nitro groups is 1. The fraction of sp³-hybridized carbons (Fsp3) is 0.438. The monoisotopic (exact) mass is 352 g/mol. The molecule has 2 atom stereocenters. The molecule has 0 unspecified atom stereocenters. The predicted octanol–water partition coefficient (Wildman–Crippen LogP) is 1.46. The van der Waals surface area contributed by atoms with Gasteiger partial charge in [-0.1, -0.05) is 26.3 Å². The molecule has 0 bridgehead atoms. The summed E-state index contributed by atoms with van der Waals surface area (Å²) in [5, 5.41) is 13.1. The molecular weight excluding hydrogens is 332 g/mol. The molecule has 0 aliphatic rings. The number of nitro benzene ring substituents is 1. The minimum atomic E-state index is -0.878. The first kappa shape index (κ1) is 20.1. The maximum atomic E-state index is 11.9. The second-order valence-electron chi connectivity index (χ2n) is 5.34. The van der Waals surface area contributed by atoms with Crippen LogP contribution >= 0.6 is 0 Å². The van der Waals surface area contributed by atoms with Gasteiger partial charge in [0, 0.05) is 12.1 Å². The number of benzene rings is 1. The fourth-order valence-corrected chi connectivity index (χ4v) is 1.97. The Morgan fingerprint density at radius 3 is 2.56 bits per heavy atom. The van der Waals surface area contributed by atoms with Gasteiger partial charge in [-0.25, -0.2) is 9.59 Å². The summed E-state index contributed by atoms with van der Waals surface area (Å²) in [5.74, 6) is -2.30. The van der Waals surface area contributed by atoms with Crippen molar-refractivity contribution in [2.75, 3.05) is 13.7 Å². The molecule has 0 fully saturated rings. The molecule has 0 aliphatic carbocycles. The fourth-order valence-electron chi connectivity index (χ4n) is 1.97. The quantitative estimate of drug-likeness (QED) is 0.426. The topological polar surface area (TPSA) is 125 Å². The van der Waals surface area contributed by atoms with E-state index in [9.17, 15) is 24.5 Å². The molecule has 0 saturated carbocycles. The first-order valence-electron chi connectivity index (χ1n) is 7.58. The van der Waals surface area contributed by atoms with Gasteiger partial charge in [-0.15, -0.1) is 0 Å². The largest absolute Gasteiger partial charge is 0.467 e. The third-order valence-electron chi connectivity index (χ3n) is 3.61. The molecule has 0 heterocycles. The van der Waals surface area contributed by atoms with Crippen LogP contribution in [0.3, 0.4) is 0 Å². The average Bonchev–Trinajstić information content (AvgIpc) is 2.62. The van der Waals surface area contributed by atoms with Crippen LogP contribution in [-0.4, -0.2) is 42.5 Å². The molecule has 1 N–H and O–H groups in total. The number of nitrogens with zero attached hydrogens (tertiary/aromatic N) is 1. The van der Waals surface area contributed by atoms with E-state index in [1.807, 2.05) is 6.92 Å². The summed E-state index contributed by atoms with van der Waals surface area (Å²) in [4.78, 5) is 45.5. The van der Waals surface area contributed by atoms with E-state index in [2.05, 4.69) is 10.1 Å². The Labute approximate surface area is 144 Å². The van der Waals surface area contributed by atoms with Crippen molar-refractivity contribution in [2.24, 2.45) is 5.92 Å². The molecule has 1 amide bonds. The van der Waals surface area contributed by atoms with E-state index in [0.717, 1.165) is 6.07 Å². The minimum absolute atomic E-state index is 0.0477. The number of ether oxygens (including phenoxy) is 2. The summed E-state index contributed by atoms with van der Waals surface area (Å²) < 4.78 is 9.47. The molecule has 1 rings (SSSR count). The third-order valence-corrected chi connectivity index (χ3v) is 3.61. The maximum Gasteiger partial charge on any atom is 0.338 e. The van der Waals surface area contributed by atoms with Gasteiger partial charge < -0.3 is 14.8 Å². The lowest BCUT2D eigenvalue weighted by molar-refractivity contribution is -0.384. The summed E-state index contributed by atoms with van der Waals surface area (Å²) in [6, 6.07) is 4.11. The second-order valence-corrected chi connectivity index (χ2v) is 5.34. The highest BCUT2D eigenvalue weighted by atomic mass is 16.6. The van der Waals surface area contributed by atoms with Gasteiger partial charge in [0.1, 0.15) is 6.04 Å². The van der Waals surface area contributed by atoms with Crippen molar-refractivity contribution in [3.05, 3.63) is 39.9 Å². The normalized spacial score (nSPS) is 12.6. The van der Waals surface area contributed by atoms with Crippen LogP contribution in [0.15, 0.2) is 24.3 Å². The highest BCUT2D eigenvalue weighted by Gasteiger charge is 2.27. The lowest BCUT2D eigenvalue weighted by Gasteiger charge is -2.21. The van der Waals surface area contributed by atoms with E-state index in [0.29, 0.717) is 6.42 Å². The zero-order chi connectivity index (χ0) is 19.0. The van der Waals surface area contributed by atoms with E-state index in [4.69, 9.17) is 4.74 Å². The Kier molecular flexibility index (Phi) is 7.51. The Bertz CT molecular complexity index is 660. The number of esters is 2. The number of carbonyl (C=O) groups excluding carboxylic acids is 3. The lowest BCUT2D eigenvalue weighted by atomic mass is 9.99. The molecule has 0 radical (unpaired) electrons. The predicted molar refractivity (Wildman–Crippen MR) is 86.8 cm³/mol. The molecule has 25 heavy (non-hydrogen) atoms. The van der Waals surface area contributed by atoms with Crippen molar-refractivity contribution in [3.8, 4) is 0 Å². The van der Waals surface area contributed by atoms with Gasteiger partial charge in [0.2, 0.25) is 0 Å². The molecule has 1 aromatic carbocycles.